The second kappa shape index (κ2) is 6.19. The third-order valence-corrected chi connectivity index (χ3v) is 3.72. The molecule has 2 N–H and O–H groups in total. The van der Waals surface area contributed by atoms with E-state index in [1.165, 1.54) is 0 Å². The number of rotatable bonds is 5. The molecule has 0 amide bonds. The average molecular weight is 338 g/mol. The first-order valence-corrected chi connectivity index (χ1v) is 6.95. The summed E-state index contributed by atoms with van der Waals surface area (Å²) in [6.07, 6.45) is 1.62. The monoisotopic (exact) mass is 337 g/mol. The number of methoxy groups -OCH3 is 1. The molecule has 2 rings (SSSR count). The smallest absolute Gasteiger partial charge is 0.212 e. The van der Waals surface area contributed by atoms with Gasteiger partial charge in [-0.05, 0) is 34.5 Å². The van der Waals surface area contributed by atoms with E-state index in [9.17, 15) is 4.79 Å². The Morgan fingerprint density at radius 3 is 2.95 bits per heavy atom. The van der Waals surface area contributed by atoms with E-state index in [1.807, 2.05) is 6.92 Å². The highest BCUT2D eigenvalue weighted by Crippen LogP contribution is 2.23. The molecule has 0 unspecified atom stereocenters. The van der Waals surface area contributed by atoms with E-state index in [0.717, 1.165) is 5.56 Å². The number of halogens is 1. The predicted molar refractivity (Wildman–Crippen MR) is 80.8 cm³/mol. The van der Waals surface area contributed by atoms with Gasteiger partial charge in [0.2, 0.25) is 5.78 Å². The topological polar surface area (TPSA) is 70.1 Å². The van der Waals surface area contributed by atoms with Crippen LogP contribution in [-0.2, 0) is 11.3 Å². The largest absolute Gasteiger partial charge is 0.398 e. The maximum Gasteiger partial charge on any atom is 0.212 e. The molecule has 0 fully saturated rings. The lowest BCUT2D eigenvalue weighted by Gasteiger charge is -2.10. The molecule has 1 aromatic heterocycles. The molecule has 1 heterocycles. The number of ether oxygens (including phenoxy) is 1. The number of benzene rings is 1. The van der Waals surface area contributed by atoms with Crippen LogP contribution in [0.1, 0.15) is 21.6 Å². The zero-order valence-corrected chi connectivity index (χ0v) is 13.0. The van der Waals surface area contributed by atoms with Crippen LogP contribution in [-0.4, -0.2) is 29.3 Å². The van der Waals surface area contributed by atoms with E-state index in [-0.39, 0.29) is 5.78 Å². The first-order chi connectivity index (χ1) is 9.56. The fraction of sp³-hybridized carbons (Fsp3) is 0.286. The standard InChI is InChI=1S/C14H16BrN3O2/c1-9-10(4-3-5-12(9)16)14(19)13-11(15)8-17-18(13)6-7-20-2/h3-5,8H,6-7,16H2,1-2H3. The number of aromatic nitrogens is 2. The molecule has 6 heteroatoms. The number of nitrogens with zero attached hydrogens (tertiary/aromatic N) is 2. The van der Waals surface area contributed by atoms with Crippen molar-refractivity contribution < 1.29 is 9.53 Å². The Kier molecular flexibility index (Phi) is 4.57. The van der Waals surface area contributed by atoms with Crippen LogP contribution in [0.5, 0.6) is 0 Å². The highest BCUT2D eigenvalue weighted by molar-refractivity contribution is 9.10. The zero-order valence-electron chi connectivity index (χ0n) is 11.4. The molecule has 5 nitrogen and oxygen atoms in total. The van der Waals surface area contributed by atoms with Gasteiger partial charge in [0.1, 0.15) is 5.69 Å². The van der Waals surface area contributed by atoms with Gasteiger partial charge in [0.25, 0.3) is 0 Å². The van der Waals surface area contributed by atoms with Crippen LogP contribution in [0.25, 0.3) is 0 Å². The molecule has 0 aliphatic rings. The summed E-state index contributed by atoms with van der Waals surface area (Å²) in [5.41, 5.74) is 8.35. The molecule has 0 bridgehead atoms. The predicted octanol–water partition coefficient (Wildman–Crippen LogP) is 2.41. The highest BCUT2D eigenvalue weighted by atomic mass is 79.9. The molecule has 0 radical (unpaired) electrons. The minimum atomic E-state index is -0.102. The van der Waals surface area contributed by atoms with Gasteiger partial charge in [-0.3, -0.25) is 9.48 Å². The van der Waals surface area contributed by atoms with Gasteiger partial charge in [0, 0.05) is 18.4 Å². The van der Waals surface area contributed by atoms with Crippen molar-refractivity contribution in [3.63, 3.8) is 0 Å². The second-order valence-electron chi connectivity index (χ2n) is 4.41. The van der Waals surface area contributed by atoms with Crippen LogP contribution in [0.15, 0.2) is 28.9 Å². The van der Waals surface area contributed by atoms with Crippen molar-refractivity contribution >= 4 is 27.4 Å². The Hall–Kier alpha value is -1.66. The minimum absolute atomic E-state index is 0.102. The fourth-order valence-electron chi connectivity index (χ4n) is 1.96. The van der Waals surface area contributed by atoms with Crippen LogP contribution in [0.4, 0.5) is 5.69 Å². The molecule has 20 heavy (non-hydrogen) atoms. The Morgan fingerprint density at radius 1 is 1.50 bits per heavy atom. The fourth-order valence-corrected chi connectivity index (χ4v) is 2.44. The molecule has 0 spiro atoms. The van der Waals surface area contributed by atoms with Gasteiger partial charge >= 0.3 is 0 Å². The summed E-state index contributed by atoms with van der Waals surface area (Å²) < 4.78 is 7.34. The second-order valence-corrected chi connectivity index (χ2v) is 5.26. The molecule has 0 aliphatic heterocycles. The Bertz CT molecular complexity index is 637. The van der Waals surface area contributed by atoms with E-state index in [4.69, 9.17) is 10.5 Å². The third kappa shape index (κ3) is 2.76. The maximum atomic E-state index is 12.7. The van der Waals surface area contributed by atoms with Gasteiger partial charge in [-0.15, -0.1) is 0 Å². The summed E-state index contributed by atoms with van der Waals surface area (Å²) in [6.45, 7) is 2.85. The molecule has 0 saturated heterocycles. The molecule has 1 aromatic carbocycles. The van der Waals surface area contributed by atoms with Crippen molar-refractivity contribution in [1.82, 2.24) is 9.78 Å². The quantitative estimate of drug-likeness (QED) is 0.671. The number of carbonyl (C=O) groups is 1. The molecular weight excluding hydrogens is 322 g/mol. The number of hydrogen-bond acceptors (Lipinski definition) is 4. The van der Waals surface area contributed by atoms with Crippen molar-refractivity contribution in [2.45, 2.75) is 13.5 Å². The Balaban J connectivity index is 2.43. The van der Waals surface area contributed by atoms with Crippen molar-refractivity contribution in [3.8, 4) is 0 Å². The average Bonchev–Trinajstić information content (AvgIpc) is 2.80. The number of ketones is 1. The van der Waals surface area contributed by atoms with Crippen LogP contribution >= 0.6 is 15.9 Å². The molecular formula is C14H16BrN3O2. The van der Waals surface area contributed by atoms with E-state index in [0.29, 0.717) is 34.6 Å². The third-order valence-electron chi connectivity index (χ3n) is 3.14. The lowest BCUT2D eigenvalue weighted by molar-refractivity contribution is 0.102. The summed E-state index contributed by atoms with van der Waals surface area (Å²) in [6, 6.07) is 5.33. The summed E-state index contributed by atoms with van der Waals surface area (Å²) >= 11 is 3.37. The SMILES string of the molecule is COCCn1ncc(Br)c1C(=O)c1cccc(N)c1C. The van der Waals surface area contributed by atoms with Crippen LogP contribution in [0, 0.1) is 6.92 Å². The molecule has 0 saturated carbocycles. The van der Waals surface area contributed by atoms with Crippen molar-refractivity contribution in [2.24, 2.45) is 0 Å². The van der Waals surface area contributed by atoms with Crippen molar-refractivity contribution in [1.29, 1.82) is 0 Å². The van der Waals surface area contributed by atoms with E-state index < -0.39 is 0 Å². The van der Waals surface area contributed by atoms with Gasteiger partial charge in [-0.25, -0.2) is 0 Å². The van der Waals surface area contributed by atoms with Crippen molar-refractivity contribution in [2.75, 3.05) is 19.5 Å². The highest BCUT2D eigenvalue weighted by Gasteiger charge is 2.20. The minimum Gasteiger partial charge on any atom is -0.398 e. The first kappa shape index (κ1) is 14.7. The van der Waals surface area contributed by atoms with Gasteiger partial charge < -0.3 is 10.5 Å². The first-order valence-electron chi connectivity index (χ1n) is 6.16. The van der Waals surface area contributed by atoms with Gasteiger partial charge in [0.05, 0.1) is 23.8 Å². The van der Waals surface area contributed by atoms with Crippen LogP contribution < -0.4 is 5.73 Å². The lowest BCUT2D eigenvalue weighted by atomic mass is 10.0. The van der Waals surface area contributed by atoms with Crippen LogP contribution in [0.2, 0.25) is 0 Å². The number of carbonyl (C=O) groups excluding carboxylic acids is 1. The number of hydrogen-bond donors (Lipinski definition) is 1. The Labute approximate surface area is 125 Å². The summed E-state index contributed by atoms with van der Waals surface area (Å²) in [7, 11) is 1.61. The van der Waals surface area contributed by atoms with Crippen molar-refractivity contribution in [3.05, 3.63) is 45.7 Å². The van der Waals surface area contributed by atoms with E-state index >= 15 is 0 Å². The molecule has 106 valence electrons. The van der Waals surface area contributed by atoms with E-state index in [1.54, 1.807) is 36.2 Å². The summed E-state index contributed by atoms with van der Waals surface area (Å²) in [5.74, 6) is -0.102. The lowest BCUT2D eigenvalue weighted by Crippen LogP contribution is -2.16. The zero-order chi connectivity index (χ0) is 14.7. The normalized spacial score (nSPS) is 10.8. The molecule has 0 aliphatic carbocycles. The number of anilines is 1. The maximum absolute atomic E-state index is 12.7. The summed E-state index contributed by atoms with van der Waals surface area (Å²) in [4.78, 5) is 12.7. The Morgan fingerprint density at radius 2 is 2.25 bits per heavy atom. The van der Waals surface area contributed by atoms with Crippen LogP contribution in [0.3, 0.4) is 0 Å². The van der Waals surface area contributed by atoms with E-state index in [2.05, 4.69) is 21.0 Å². The molecule has 0 atom stereocenters. The van der Waals surface area contributed by atoms with Gasteiger partial charge in [-0.2, -0.15) is 5.10 Å². The number of nitrogens with two attached hydrogens (primary N) is 1. The molecule has 2 aromatic rings. The summed E-state index contributed by atoms with van der Waals surface area (Å²) in [5, 5.41) is 4.19. The van der Waals surface area contributed by atoms with Gasteiger partial charge in [-0.1, -0.05) is 12.1 Å². The number of nitrogen functional groups attached to an aromatic ring is 1. The van der Waals surface area contributed by atoms with Gasteiger partial charge in [0.15, 0.2) is 0 Å².